The zero-order valence-corrected chi connectivity index (χ0v) is 19.7. The number of fused-ring (bicyclic) bond motifs is 2. The van der Waals surface area contributed by atoms with Crippen LogP contribution in [0.2, 0.25) is 5.02 Å². The number of pyridine rings is 1. The lowest BCUT2D eigenvalue weighted by atomic mass is 9.84. The second-order valence-corrected chi connectivity index (χ2v) is 9.57. The summed E-state index contributed by atoms with van der Waals surface area (Å²) in [5, 5.41) is 11.8. The highest BCUT2D eigenvalue weighted by Gasteiger charge is 2.44. The Kier molecular flexibility index (Phi) is 6.72. The molecule has 1 amide bonds. The number of nitriles is 1. The first-order chi connectivity index (χ1) is 16.1. The van der Waals surface area contributed by atoms with Gasteiger partial charge in [0.15, 0.2) is 5.82 Å². The average molecular weight is 491 g/mol. The van der Waals surface area contributed by atoms with Crippen molar-refractivity contribution in [3.63, 3.8) is 0 Å². The molecule has 12 heteroatoms. The van der Waals surface area contributed by atoms with E-state index in [9.17, 15) is 4.79 Å². The largest absolute Gasteiger partial charge is 0.471 e. The first-order valence-corrected chi connectivity index (χ1v) is 11.1. The van der Waals surface area contributed by atoms with Crippen molar-refractivity contribution in [3.05, 3.63) is 35.0 Å². The predicted octanol–water partition coefficient (Wildman–Crippen LogP) is 3.54. The Morgan fingerprint density at radius 3 is 2.59 bits per heavy atom. The molecule has 2 bridgehead atoms. The first-order valence-electron chi connectivity index (χ1n) is 10.7. The van der Waals surface area contributed by atoms with E-state index < -0.39 is 23.6 Å². The van der Waals surface area contributed by atoms with Crippen LogP contribution in [0.25, 0.3) is 0 Å². The van der Waals surface area contributed by atoms with Crippen LogP contribution in [0.1, 0.15) is 26.3 Å². The Balaban J connectivity index is 1.49. The third-order valence-corrected chi connectivity index (χ3v) is 5.65. The van der Waals surface area contributed by atoms with Crippen molar-refractivity contribution in [3.8, 4) is 11.9 Å². The standard InChI is InChI=1S/C22H24ClFN6O4/c1-22(2,3)34-21(31)30-7-13-9-32-10-14(8-30)17(13)33-20-16(24)19(27-11-28-20)29-18-15(23)4-12(5-25)6-26-18/h4,6,11,13-14,17H,7-10H2,1-3H3,(H,26,27,28,29). The molecule has 2 aromatic heterocycles. The molecule has 2 aliphatic heterocycles. The fourth-order valence-corrected chi connectivity index (χ4v) is 4.14. The molecule has 0 aliphatic carbocycles. The maximum absolute atomic E-state index is 15.2. The van der Waals surface area contributed by atoms with E-state index >= 15 is 4.39 Å². The Labute approximate surface area is 201 Å². The van der Waals surface area contributed by atoms with Gasteiger partial charge in [0.25, 0.3) is 5.88 Å². The van der Waals surface area contributed by atoms with Crippen molar-refractivity contribution in [1.82, 2.24) is 19.9 Å². The third kappa shape index (κ3) is 5.29. The van der Waals surface area contributed by atoms with Gasteiger partial charge in [-0.25, -0.2) is 14.8 Å². The second kappa shape index (κ2) is 9.56. The molecular formula is C22H24ClFN6O4. The molecule has 10 nitrogen and oxygen atoms in total. The molecule has 2 atom stereocenters. The van der Waals surface area contributed by atoms with Crippen LogP contribution in [-0.4, -0.2) is 64.0 Å². The van der Waals surface area contributed by atoms with Gasteiger partial charge in [0, 0.05) is 31.1 Å². The highest BCUT2D eigenvalue weighted by Crippen LogP contribution is 2.34. The van der Waals surface area contributed by atoms with Gasteiger partial charge >= 0.3 is 6.09 Å². The molecule has 180 valence electrons. The number of anilines is 2. The van der Waals surface area contributed by atoms with Gasteiger partial charge in [-0.05, 0) is 26.8 Å². The van der Waals surface area contributed by atoms with Crippen LogP contribution in [0, 0.1) is 29.0 Å². The number of carbonyl (C=O) groups is 1. The molecule has 0 saturated carbocycles. The topological polar surface area (TPSA) is 122 Å². The minimum atomic E-state index is -0.807. The summed E-state index contributed by atoms with van der Waals surface area (Å²) in [6, 6.07) is 3.34. The number of hydrogen-bond donors (Lipinski definition) is 1. The Morgan fingerprint density at radius 1 is 1.26 bits per heavy atom. The molecule has 2 aromatic rings. The van der Waals surface area contributed by atoms with Crippen molar-refractivity contribution >= 4 is 29.3 Å². The molecule has 4 rings (SSSR count). The van der Waals surface area contributed by atoms with Gasteiger partial charge in [0.1, 0.15) is 29.9 Å². The quantitative estimate of drug-likeness (QED) is 0.685. The van der Waals surface area contributed by atoms with E-state index in [2.05, 4.69) is 20.3 Å². The van der Waals surface area contributed by atoms with E-state index in [0.29, 0.717) is 26.3 Å². The predicted molar refractivity (Wildman–Crippen MR) is 119 cm³/mol. The van der Waals surface area contributed by atoms with Gasteiger partial charge in [-0.2, -0.15) is 14.6 Å². The summed E-state index contributed by atoms with van der Waals surface area (Å²) in [6.07, 6.45) is 1.68. The Morgan fingerprint density at radius 2 is 1.97 bits per heavy atom. The van der Waals surface area contributed by atoms with Crippen molar-refractivity contribution in [2.24, 2.45) is 11.8 Å². The molecule has 2 saturated heterocycles. The van der Waals surface area contributed by atoms with E-state index in [0.717, 1.165) is 0 Å². The molecule has 1 N–H and O–H groups in total. The van der Waals surface area contributed by atoms with Crippen LogP contribution < -0.4 is 10.1 Å². The number of nitrogens with zero attached hydrogens (tertiary/aromatic N) is 5. The summed E-state index contributed by atoms with van der Waals surface area (Å²) in [4.78, 5) is 26.1. The van der Waals surface area contributed by atoms with Gasteiger partial charge in [-0.15, -0.1) is 0 Å². The summed E-state index contributed by atoms with van der Waals surface area (Å²) in [7, 11) is 0. The number of aromatic nitrogens is 3. The van der Waals surface area contributed by atoms with Crippen LogP contribution in [0.3, 0.4) is 0 Å². The van der Waals surface area contributed by atoms with Gasteiger partial charge < -0.3 is 24.4 Å². The SMILES string of the molecule is CC(C)(C)OC(=O)N1CC2COCC(C1)C2Oc1ncnc(Nc2ncc(C#N)cc2Cl)c1F. The van der Waals surface area contributed by atoms with Crippen molar-refractivity contribution in [1.29, 1.82) is 5.26 Å². The zero-order chi connectivity index (χ0) is 24.5. The number of ether oxygens (including phenoxy) is 3. The number of halogens is 2. The van der Waals surface area contributed by atoms with Crippen LogP contribution in [-0.2, 0) is 9.47 Å². The lowest BCUT2D eigenvalue weighted by Gasteiger charge is -2.46. The number of likely N-dealkylation sites (tertiary alicyclic amines) is 1. The minimum absolute atomic E-state index is 0.139. The number of amides is 1. The lowest BCUT2D eigenvalue weighted by Crippen LogP contribution is -2.59. The maximum Gasteiger partial charge on any atom is 0.410 e. The summed E-state index contributed by atoms with van der Waals surface area (Å²) < 4.78 is 32.4. The number of piperidine rings is 1. The molecular weight excluding hydrogens is 467 g/mol. The molecule has 0 aromatic carbocycles. The van der Waals surface area contributed by atoms with Crippen molar-refractivity contribution in [2.75, 3.05) is 31.6 Å². The zero-order valence-electron chi connectivity index (χ0n) is 18.9. The lowest BCUT2D eigenvalue weighted by molar-refractivity contribution is -0.114. The summed E-state index contributed by atoms with van der Waals surface area (Å²) in [6.45, 7) is 6.89. The Hall–Kier alpha value is -3.23. The van der Waals surface area contributed by atoms with E-state index in [4.69, 9.17) is 31.1 Å². The fourth-order valence-electron chi connectivity index (χ4n) is 3.92. The number of carbonyl (C=O) groups excluding carboxylic acids is 1. The van der Waals surface area contributed by atoms with Crippen LogP contribution in [0.4, 0.5) is 20.8 Å². The average Bonchev–Trinajstić information content (AvgIpc) is 2.76. The highest BCUT2D eigenvalue weighted by molar-refractivity contribution is 6.33. The maximum atomic E-state index is 15.2. The minimum Gasteiger partial charge on any atom is -0.471 e. The summed E-state index contributed by atoms with van der Waals surface area (Å²) in [5.41, 5.74) is -0.329. The fraction of sp³-hybridized carbons (Fsp3) is 0.500. The van der Waals surface area contributed by atoms with Gasteiger partial charge in [0.2, 0.25) is 5.82 Å². The van der Waals surface area contributed by atoms with Crippen LogP contribution in [0.15, 0.2) is 18.6 Å². The van der Waals surface area contributed by atoms with Gasteiger partial charge in [0.05, 0.1) is 23.8 Å². The Bertz CT molecular complexity index is 1110. The van der Waals surface area contributed by atoms with Crippen LogP contribution >= 0.6 is 11.6 Å². The highest BCUT2D eigenvalue weighted by atomic mass is 35.5. The summed E-state index contributed by atoms with van der Waals surface area (Å²) in [5.74, 6) is -1.43. The van der Waals surface area contributed by atoms with E-state index in [-0.39, 0.29) is 39.9 Å². The number of rotatable bonds is 4. The number of nitrogens with one attached hydrogen (secondary N) is 1. The summed E-state index contributed by atoms with van der Waals surface area (Å²) >= 11 is 6.12. The molecule has 34 heavy (non-hydrogen) atoms. The van der Waals surface area contributed by atoms with Gasteiger partial charge in [-0.3, -0.25) is 0 Å². The molecule has 0 spiro atoms. The van der Waals surface area contributed by atoms with Crippen molar-refractivity contribution in [2.45, 2.75) is 32.5 Å². The monoisotopic (exact) mass is 490 g/mol. The van der Waals surface area contributed by atoms with Crippen LogP contribution in [0.5, 0.6) is 5.88 Å². The number of hydrogen-bond acceptors (Lipinski definition) is 9. The first kappa shape index (κ1) is 23.9. The van der Waals surface area contributed by atoms with Gasteiger partial charge in [-0.1, -0.05) is 11.6 Å². The smallest absolute Gasteiger partial charge is 0.410 e. The molecule has 4 heterocycles. The van der Waals surface area contributed by atoms with E-state index in [1.807, 2.05) is 26.8 Å². The molecule has 2 aliphatic rings. The molecule has 0 radical (unpaired) electrons. The second-order valence-electron chi connectivity index (χ2n) is 9.16. The van der Waals surface area contributed by atoms with E-state index in [1.54, 1.807) is 4.90 Å². The third-order valence-electron chi connectivity index (χ3n) is 5.37. The normalized spacial score (nSPS) is 22.0. The van der Waals surface area contributed by atoms with E-state index in [1.165, 1.54) is 18.6 Å². The molecule has 2 fully saturated rings. The van der Waals surface area contributed by atoms with Crippen molar-refractivity contribution < 1.29 is 23.4 Å². The molecule has 2 unspecified atom stereocenters.